The number of rotatable bonds is 1. The highest BCUT2D eigenvalue weighted by molar-refractivity contribution is 8.27. The Labute approximate surface area is 73.1 Å². The van der Waals surface area contributed by atoms with Crippen LogP contribution in [0.5, 0.6) is 0 Å². The van der Waals surface area contributed by atoms with E-state index in [1.165, 1.54) is 32.1 Å². The molecule has 0 saturated heterocycles. The van der Waals surface area contributed by atoms with Crippen molar-refractivity contribution in [1.29, 1.82) is 0 Å². The van der Waals surface area contributed by atoms with Crippen LogP contribution in [0.15, 0.2) is 0 Å². The smallest absolute Gasteiger partial charge is 0.0388 e. The fourth-order valence-electron chi connectivity index (χ4n) is 1.54. The summed E-state index contributed by atoms with van der Waals surface area (Å²) in [6.07, 6.45) is 6.67. The number of hydrogen-bond donors (Lipinski definition) is 0. The van der Waals surface area contributed by atoms with E-state index in [2.05, 4.69) is 6.66 Å². The van der Waals surface area contributed by atoms with Gasteiger partial charge < -0.3 is 0 Å². The fraction of sp³-hybridized carbons (Fsp3) is 1.00. The van der Waals surface area contributed by atoms with E-state index in [0.717, 1.165) is 0 Å². The predicted octanol–water partition coefficient (Wildman–Crippen LogP) is 3.58. The minimum Gasteiger partial charge on any atom is -0.0856 e. The predicted molar refractivity (Wildman–Crippen MR) is 52.9 cm³/mol. The van der Waals surface area contributed by atoms with Crippen molar-refractivity contribution >= 4 is 28.4 Å². The molecule has 0 aromatic carbocycles. The standard InChI is InChI=1S/C7H14ClPS/c1-9(8,10)7-5-3-2-4-6-7/h7H,2-6H2,1H3. The van der Waals surface area contributed by atoms with E-state index in [0.29, 0.717) is 5.66 Å². The van der Waals surface area contributed by atoms with Crippen LogP contribution in [0.4, 0.5) is 0 Å². The van der Waals surface area contributed by atoms with Gasteiger partial charge in [0.2, 0.25) is 0 Å². The molecule has 1 fully saturated rings. The summed E-state index contributed by atoms with van der Waals surface area (Å²) in [6, 6.07) is 0. The molecule has 1 aliphatic rings. The molecule has 0 N–H and O–H groups in total. The zero-order chi connectivity index (χ0) is 7.61. The third-order valence-electron chi connectivity index (χ3n) is 2.23. The molecule has 0 bridgehead atoms. The first-order valence-corrected chi connectivity index (χ1v) is 8.10. The summed E-state index contributed by atoms with van der Waals surface area (Å²) in [5, 5.41) is -1.44. The van der Waals surface area contributed by atoms with Gasteiger partial charge in [-0.1, -0.05) is 42.3 Å². The lowest BCUT2D eigenvalue weighted by atomic mass is 10.0. The van der Waals surface area contributed by atoms with E-state index in [-0.39, 0.29) is 0 Å². The second-order valence-corrected chi connectivity index (χ2v) is 10.7. The highest BCUT2D eigenvalue weighted by Crippen LogP contribution is 2.56. The van der Waals surface area contributed by atoms with Crippen LogP contribution in [0, 0.1) is 0 Å². The maximum atomic E-state index is 6.14. The van der Waals surface area contributed by atoms with Gasteiger partial charge in [-0.2, -0.15) is 0 Å². The normalized spacial score (nSPS) is 27.8. The highest BCUT2D eigenvalue weighted by Gasteiger charge is 2.22. The van der Waals surface area contributed by atoms with Gasteiger partial charge >= 0.3 is 0 Å². The number of halogens is 1. The van der Waals surface area contributed by atoms with E-state index < -0.39 is 5.39 Å². The molecule has 0 radical (unpaired) electrons. The van der Waals surface area contributed by atoms with Gasteiger partial charge in [0, 0.05) is 11.0 Å². The van der Waals surface area contributed by atoms with Crippen molar-refractivity contribution in [2.75, 3.05) is 6.66 Å². The summed E-state index contributed by atoms with van der Waals surface area (Å²) in [5.74, 6) is 0. The van der Waals surface area contributed by atoms with E-state index in [4.69, 9.17) is 23.0 Å². The minimum atomic E-state index is -1.44. The maximum absolute atomic E-state index is 6.14. The molecule has 1 atom stereocenters. The van der Waals surface area contributed by atoms with Gasteiger partial charge in [0.25, 0.3) is 0 Å². The number of hydrogen-bond acceptors (Lipinski definition) is 1. The van der Waals surface area contributed by atoms with Gasteiger partial charge in [0.05, 0.1) is 0 Å². The molecule has 10 heavy (non-hydrogen) atoms. The molecule has 0 aliphatic heterocycles. The van der Waals surface area contributed by atoms with E-state index in [1.807, 2.05) is 0 Å². The zero-order valence-corrected chi connectivity index (χ0v) is 8.81. The van der Waals surface area contributed by atoms with Gasteiger partial charge in [-0.25, -0.2) is 0 Å². The monoisotopic (exact) mass is 196 g/mol. The van der Waals surface area contributed by atoms with E-state index in [9.17, 15) is 0 Å². The fourth-order valence-corrected chi connectivity index (χ4v) is 4.05. The quantitative estimate of drug-likeness (QED) is 0.578. The largest absolute Gasteiger partial charge is 0.0856 e. The maximum Gasteiger partial charge on any atom is 0.0388 e. The first kappa shape index (κ1) is 9.03. The Balaban J connectivity index is 2.47. The Kier molecular flexibility index (Phi) is 3.21. The van der Waals surface area contributed by atoms with Crippen LogP contribution in [-0.2, 0) is 11.8 Å². The highest BCUT2D eigenvalue weighted by atomic mass is 35.7. The second kappa shape index (κ2) is 3.56. The first-order chi connectivity index (χ1) is 4.61. The van der Waals surface area contributed by atoms with Crippen LogP contribution in [-0.4, -0.2) is 12.3 Å². The molecule has 3 heteroatoms. The van der Waals surface area contributed by atoms with Crippen molar-refractivity contribution in [1.82, 2.24) is 0 Å². The van der Waals surface area contributed by atoms with Crippen molar-refractivity contribution in [3.63, 3.8) is 0 Å². The Morgan fingerprint density at radius 3 is 2.10 bits per heavy atom. The van der Waals surface area contributed by atoms with Gasteiger partial charge in [0.1, 0.15) is 0 Å². The molecule has 0 amide bonds. The lowest BCUT2D eigenvalue weighted by Gasteiger charge is -2.25. The van der Waals surface area contributed by atoms with Crippen LogP contribution in [0.1, 0.15) is 32.1 Å². The van der Waals surface area contributed by atoms with Crippen LogP contribution >= 0.6 is 16.6 Å². The Hall–Kier alpha value is 0.940. The van der Waals surface area contributed by atoms with Crippen molar-refractivity contribution in [3.8, 4) is 0 Å². The topological polar surface area (TPSA) is 0 Å². The Morgan fingerprint density at radius 1 is 1.30 bits per heavy atom. The van der Waals surface area contributed by atoms with Gasteiger partial charge in [-0.05, 0) is 19.5 Å². The third kappa shape index (κ3) is 2.53. The molecular formula is C7H14ClPS. The van der Waals surface area contributed by atoms with Crippen molar-refractivity contribution in [3.05, 3.63) is 0 Å². The Bertz CT molecular complexity index is 146. The molecule has 1 aliphatic carbocycles. The van der Waals surface area contributed by atoms with Crippen LogP contribution in [0.25, 0.3) is 0 Å². The third-order valence-corrected chi connectivity index (χ3v) is 5.77. The second-order valence-electron chi connectivity index (χ2n) is 3.17. The molecule has 60 valence electrons. The average Bonchev–Trinajstić information content (AvgIpc) is 1.88. The Morgan fingerprint density at radius 2 is 1.80 bits per heavy atom. The van der Waals surface area contributed by atoms with Crippen molar-refractivity contribution in [2.24, 2.45) is 0 Å². The molecule has 0 aromatic heterocycles. The van der Waals surface area contributed by atoms with Gasteiger partial charge in [-0.15, -0.1) is 0 Å². The molecular weight excluding hydrogens is 183 g/mol. The summed E-state index contributed by atoms with van der Waals surface area (Å²) < 4.78 is 0. The lowest BCUT2D eigenvalue weighted by Crippen LogP contribution is -2.09. The lowest BCUT2D eigenvalue weighted by molar-refractivity contribution is 0.513. The average molecular weight is 197 g/mol. The molecule has 1 saturated carbocycles. The summed E-state index contributed by atoms with van der Waals surface area (Å²) >= 11 is 11.4. The minimum absolute atomic E-state index is 0.693. The van der Waals surface area contributed by atoms with E-state index in [1.54, 1.807) is 0 Å². The van der Waals surface area contributed by atoms with Crippen LogP contribution in [0.2, 0.25) is 0 Å². The van der Waals surface area contributed by atoms with E-state index >= 15 is 0 Å². The van der Waals surface area contributed by atoms with Crippen LogP contribution in [0.3, 0.4) is 0 Å². The summed E-state index contributed by atoms with van der Waals surface area (Å²) in [7, 11) is 0. The SMILES string of the molecule is CP(=S)(Cl)C1CCCCC1. The van der Waals surface area contributed by atoms with Gasteiger partial charge in [0.15, 0.2) is 0 Å². The van der Waals surface area contributed by atoms with Gasteiger partial charge in [-0.3, -0.25) is 0 Å². The molecule has 0 heterocycles. The molecule has 0 aromatic rings. The summed E-state index contributed by atoms with van der Waals surface area (Å²) in [4.78, 5) is 0. The zero-order valence-electron chi connectivity index (χ0n) is 6.35. The van der Waals surface area contributed by atoms with Crippen LogP contribution < -0.4 is 0 Å². The molecule has 1 rings (SSSR count). The van der Waals surface area contributed by atoms with Crippen molar-refractivity contribution < 1.29 is 0 Å². The molecule has 1 unspecified atom stereocenters. The first-order valence-electron chi connectivity index (χ1n) is 3.87. The molecule has 0 spiro atoms. The van der Waals surface area contributed by atoms with Crippen molar-refractivity contribution in [2.45, 2.75) is 37.8 Å². The summed E-state index contributed by atoms with van der Waals surface area (Å²) in [5.41, 5.74) is 0.693. The summed E-state index contributed by atoms with van der Waals surface area (Å²) in [6.45, 7) is 2.07. The molecule has 0 nitrogen and oxygen atoms in total.